The summed E-state index contributed by atoms with van der Waals surface area (Å²) in [5.41, 5.74) is -1.72. The fraction of sp³-hybridized carbons (Fsp3) is 0.400. The van der Waals surface area contributed by atoms with Crippen molar-refractivity contribution in [2.24, 2.45) is 5.92 Å². The molecule has 2 saturated carbocycles. The molecular weight excluding hydrogens is 574 g/mol. The summed E-state index contributed by atoms with van der Waals surface area (Å²) < 4.78 is 84.8. The molecule has 2 fully saturated rings. The van der Waals surface area contributed by atoms with Gasteiger partial charge in [-0.1, -0.05) is 0 Å². The van der Waals surface area contributed by atoms with Gasteiger partial charge in [-0.05, 0) is 111 Å². The highest BCUT2D eigenvalue weighted by atomic mass is 32.2. The molecule has 12 heteroatoms. The SMILES string of the molecule is Cc1cncc(NC(=O)c2ccc3c(c2)C2(CCC(O)(C(F)(F)F)CC2)C(C2CC2)N3S(=O)(=O)c2ccc(F)cc2)c1. The second-order valence-corrected chi connectivity index (χ2v) is 13.5. The van der Waals surface area contributed by atoms with E-state index >= 15 is 0 Å². The quantitative estimate of drug-likeness (QED) is 0.355. The Bertz CT molecular complexity index is 1650. The molecular formula is C30H29F4N3O4S. The highest BCUT2D eigenvalue weighted by Crippen LogP contribution is 2.62. The highest BCUT2D eigenvalue weighted by molar-refractivity contribution is 7.92. The van der Waals surface area contributed by atoms with Crippen LogP contribution in [0.2, 0.25) is 0 Å². The Morgan fingerprint density at radius 2 is 1.69 bits per heavy atom. The van der Waals surface area contributed by atoms with Gasteiger partial charge >= 0.3 is 6.18 Å². The Kier molecular flexibility index (Phi) is 6.65. The maximum absolute atomic E-state index is 14.1. The van der Waals surface area contributed by atoms with Crippen molar-refractivity contribution in [3.05, 3.63) is 83.4 Å². The summed E-state index contributed by atoms with van der Waals surface area (Å²) >= 11 is 0. The molecule has 2 aliphatic carbocycles. The zero-order valence-corrected chi connectivity index (χ0v) is 23.5. The lowest BCUT2D eigenvalue weighted by atomic mass is 9.61. The number of anilines is 2. The second-order valence-electron chi connectivity index (χ2n) is 11.7. The number of halogens is 4. The van der Waals surface area contributed by atoms with E-state index in [9.17, 15) is 35.9 Å². The van der Waals surface area contributed by atoms with Gasteiger partial charge in [0.05, 0.1) is 28.5 Å². The Morgan fingerprint density at radius 3 is 2.29 bits per heavy atom. The van der Waals surface area contributed by atoms with Crippen molar-refractivity contribution in [1.82, 2.24) is 4.98 Å². The number of rotatable bonds is 5. The molecule has 0 radical (unpaired) electrons. The van der Waals surface area contributed by atoms with E-state index in [0.717, 1.165) is 17.7 Å². The number of aliphatic hydroxyl groups is 1. The molecule has 1 atom stereocenters. The molecule has 42 heavy (non-hydrogen) atoms. The van der Waals surface area contributed by atoms with Crippen molar-refractivity contribution in [2.45, 2.75) is 73.6 Å². The van der Waals surface area contributed by atoms with Gasteiger partial charge in [0.1, 0.15) is 5.82 Å². The van der Waals surface area contributed by atoms with Gasteiger partial charge in [0.15, 0.2) is 5.60 Å². The molecule has 2 heterocycles. The van der Waals surface area contributed by atoms with Crippen LogP contribution in [0, 0.1) is 18.7 Å². The third-order valence-corrected chi connectivity index (χ3v) is 10.7. The number of aromatic nitrogens is 1. The van der Waals surface area contributed by atoms with Crippen molar-refractivity contribution in [2.75, 3.05) is 9.62 Å². The predicted octanol–water partition coefficient (Wildman–Crippen LogP) is 5.87. The van der Waals surface area contributed by atoms with Crippen molar-refractivity contribution in [3.63, 3.8) is 0 Å². The van der Waals surface area contributed by atoms with Gasteiger partial charge in [0, 0.05) is 17.2 Å². The molecule has 1 aromatic heterocycles. The van der Waals surface area contributed by atoms with Crippen LogP contribution in [0.5, 0.6) is 0 Å². The van der Waals surface area contributed by atoms with E-state index in [0.29, 0.717) is 24.1 Å². The lowest BCUT2D eigenvalue weighted by Crippen LogP contribution is -2.56. The zero-order chi connectivity index (χ0) is 30.1. The van der Waals surface area contributed by atoms with E-state index in [1.807, 2.05) is 6.92 Å². The summed E-state index contributed by atoms with van der Waals surface area (Å²) in [7, 11) is -4.27. The second kappa shape index (κ2) is 9.77. The summed E-state index contributed by atoms with van der Waals surface area (Å²) in [6.07, 6.45) is -1.80. The normalized spacial score (nSPS) is 25.9. The van der Waals surface area contributed by atoms with Crippen molar-refractivity contribution in [3.8, 4) is 0 Å². The number of sulfonamides is 1. The van der Waals surface area contributed by atoms with Crippen LogP contribution in [-0.2, 0) is 15.4 Å². The molecule has 2 N–H and O–H groups in total. The molecule has 1 aliphatic heterocycles. The number of amides is 1. The Balaban J connectivity index is 1.47. The van der Waals surface area contributed by atoms with E-state index in [2.05, 4.69) is 10.3 Å². The first-order chi connectivity index (χ1) is 19.7. The number of aryl methyl sites for hydroxylation is 1. The van der Waals surface area contributed by atoms with E-state index < -0.39 is 57.8 Å². The Labute approximate surface area is 240 Å². The lowest BCUT2D eigenvalue weighted by molar-refractivity contribution is -0.273. The number of carbonyl (C=O) groups excluding carboxylic acids is 1. The number of nitrogens with zero attached hydrogens (tertiary/aromatic N) is 2. The third kappa shape index (κ3) is 4.64. The van der Waals surface area contributed by atoms with Crippen LogP contribution < -0.4 is 9.62 Å². The topological polar surface area (TPSA) is 99.6 Å². The Hall–Kier alpha value is -3.51. The summed E-state index contributed by atoms with van der Waals surface area (Å²) in [5, 5.41) is 13.3. The first-order valence-electron chi connectivity index (χ1n) is 13.7. The largest absolute Gasteiger partial charge is 0.417 e. The van der Waals surface area contributed by atoms with Gasteiger partial charge in [0.25, 0.3) is 15.9 Å². The average molecular weight is 604 g/mol. The van der Waals surface area contributed by atoms with Crippen molar-refractivity contribution in [1.29, 1.82) is 0 Å². The number of carbonyl (C=O) groups is 1. The average Bonchev–Trinajstić information content (AvgIpc) is 3.73. The van der Waals surface area contributed by atoms with Crippen LogP contribution in [0.15, 0.2) is 65.8 Å². The summed E-state index contributed by atoms with van der Waals surface area (Å²) in [5.74, 6) is -1.21. The van der Waals surface area contributed by atoms with Gasteiger partial charge in [-0.15, -0.1) is 0 Å². The number of hydrogen-bond acceptors (Lipinski definition) is 5. The number of fused-ring (bicyclic) bond motifs is 2. The van der Waals surface area contributed by atoms with Crippen LogP contribution in [0.1, 0.15) is 60.0 Å². The number of benzene rings is 2. The van der Waals surface area contributed by atoms with Crippen LogP contribution in [0.25, 0.3) is 0 Å². The molecule has 0 bridgehead atoms. The van der Waals surface area contributed by atoms with Crippen LogP contribution >= 0.6 is 0 Å². The van der Waals surface area contributed by atoms with Crippen molar-refractivity contribution < 1.29 is 35.9 Å². The minimum Gasteiger partial charge on any atom is -0.380 e. The fourth-order valence-electron chi connectivity index (χ4n) is 6.64. The third-order valence-electron chi connectivity index (χ3n) is 8.92. The van der Waals surface area contributed by atoms with Crippen LogP contribution in [-0.4, -0.2) is 42.2 Å². The molecule has 0 saturated heterocycles. The molecule has 2 aromatic carbocycles. The minimum atomic E-state index is -4.84. The smallest absolute Gasteiger partial charge is 0.380 e. The first-order valence-corrected chi connectivity index (χ1v) is 15.2. The van der Waals surface area contributed by atoms with Gasteiger partial charge in [-0.3, -0.25) is 14.1 Å². The maximum Gasteiger partial charge on any atom is 0.417 e. The number of pyridine rings is 1. The minimum absolute atomic E-state index is 0.125. The number of alkyl halides is 3. The summed E-state index contributed by atoms with van der Waals surface area (Å²) in [4.78, 5) is 17.2. The van der Waals surface area contributed by atoms with Gasteiger partial charge in [0.2, 0.25) is 0 Å². The number of hydrogen-bond donors (Lipinski definition) is 2. The van der Waals surface area contributed by atoms with E-state index in [1.165, 1.54) is 34.8 Å². The number of nitrogens with one attached hydrogen (secondary N) is 1. The molecule has 1 spiro atoms. The van der Waals surface area contributed by atoms with Gasteiger partial charge < -0.3 is 10.4 Å². The van der Waals surface area contributed by atoms with E-state index in [4.69, 9.17) is 0 Å². The zero-order valence-electron chi connectivity index (χ0n) is 22.7. The van der Waals surface area contributed by atoms with E-state index in [-0.39, 0.29) is 34.9 Å². The fourth-order valence-corrected chi connectivity index (χ4v) is 8.44. The summed E-state index contributed by atoms with van der Waals surface area (Å²) in [6, 6.07) is 10.0. The first kappa shape index (κ1) is 28.6. The van der Waals surface area contributed by atoms with Crippen LogP contribution in [0.3, 0.4) is 0 Å². The molecule has 222 valence electrons. The van der Waals surface area contributed by atoms with Crippen molar-refractivity contribution >= 4 is 27.3 Å². The molecule has 3 aromatic rings. The summed E-state index contributed by atoms with van der Waals surface area (Å²) in [6.45, 7) is 1.82. The monoisotopic (exact) mass is 603 g/mol. The molecule has 1 amide bonds. The molecule has 1 unspecified atom stereocenters. The highest BCUT2D eigenvalue weighted by Gasteiger charge is 2.65. The van der Waals surface area contributed by atoms with Gasteiger partial charge in [-0.25, -0.2) is 12.8 Å². The molecule has 6 rings (SSSR count). The van der Waals surface area contributed by atoms with Gasteiger partial charge in [-0.2, -0.15) is 13.2 Å². The Morgan fingerprint density at radius 1 is 1.02 bits per heavy atom. The molecule has 7 nitrogen and oxygen atoms in total. The maximum atomic E-state index is 14.1. The van der Waals surface area contributed by atoms with Crippen LogP contribution in [0.4, 0.5) is 28.9 Å². The molecule has 3 aliphatic rings. The standard InChI is InChI=1S/C30H29F4N3O4S/c1-18-14-22(17-35-16-18)36-27(38)20-4-9-25-24(15-20)28(10-12-29(39,13-11-28)30(32,33)34)26(19-2-3-19)37(25)42(40,41)23-7-5-21(31)6-8-23/h4-9,14-17,19,26,39H,2-3,10-13H2,1H3,(H,36,38). The lowest BCUT2D eigenvalue weighted by Gasteiger charge is -2.47. The predicted molar refractivity (Wildman–Crippen MR) is 147 cm³/mol. The van der Waals surface area contributed by atoms with E-state index in [1.54, 1.807) is 18.3 Å².